The summed E-state index contributed by atoms with van der Waals surface area (Å²) in [6.07, 6.45) is 3.90. The van der Waals surface area contributed by atoms with E-state index in [2.05, 4.69) is 29.1 Å². The molecule has 1 aliphatic rings. The molecule has 2 rings (SSSR count). The van der Waals surface area contributed by atoms with Crippen LogP contribution in [0.2, 0.25) is 0 Å². The van der Waals surface area contributed by atoms with Crippen molar-refractivity contribution in [1.82, 2.24) is 20.3 Å². The molecule has 0 saturated carbocycles. The van der Waals surface area contributed by atoms with Crippen molar-refractivity contribution in [3.05, 3.63) is 18.0 Å². The van der Waals surface area contributed by atoms with Crippen molar-refractivity contribution in [2.24, 2.45) is 5.92 Å². The Kier molecular flexibility index (Phi) is 6.13. The predicted molar refractivity (Wildman–Crippen MR) is 90.3 cm³/mol. The number of rotatable bonds is 5. The Balaban J connectivity index is 2.06. The van der Waals surface area contributed by atoms with Gasteiger partial charge in [-0.05, 0) is 25.7 Å². The minimum atomic E-state index is -0.659. The van der Waals surface area contributed by atoms with Gasteiger partial charge in [0.05, 0.1) is 12.2 Å². The number of ether oxygens (including phenoxy) is 1. The molecule has 1 saturated heterocycles. The second kappa shape index (κ2) is 8.11. The van der Waals surface area contributed by atoms with E-state index in [1.54, 1.807) is 17.3 Å². The first-order valence-electron chi connectivity index (χ1n) is 8.38. The van der Waals surface area contributed by atoms with Crippen molar-refractivity contribution in [1.29, 1.82) is 0 Å². The Morgan fingerprint density at radius 2 is 1.92 bits per heavy atom. The van der Waals surface area contributed by atoms with Gasteiger partial charge in [0.2, 0.25) is 5.95 Å². The van der Waals surface area contributed by atoms with Crippen molar-refractivity contribution in [2.75, 3.05) is 25.0 Å². The van der Waals surface area contributed by atoms with E-state index in [-0.39, 0.29) is 17.2 Å². The lowest BCUT2D eigenvalue weighted by Crippen LogP contribution is -2.54. The highest BCUT2D eigenvalue weighted by molar-refractivity contribution is 5.92. The zero-order chi connectivity index (χ0) is 18.4. The third-order valence-corrected chi connectivity index (χ3v) is 4.66. The van der Waals surface area contributed by atoms with Gasteiger partial charge in [-0.3, -0.25) is 10.0 Å². The topological polar surface area (TPSA) is 117 Å². The minimum absolute atomic E-state index is 0.170. The second-order valence-electron chi connectivity index (χ2n) is 6.36. The van der Waals surface area contributed by atoms with E-state index in [1.165, 1.54) is 12.4 Å². The van der Waals surface area contributed by atoms with Crippen LogP contribution in [0.25, 0.3) is 0 Å². The number of hydrogen-bond donors (Lipinski definition) is 3. The van der Waals surface area contributed by atoms with Gasteiger partial charge in [-0.2, -0.15) is 0 Å². The molecule has 0 bridgehead atoms. The first-order chi connectivity index (χ1) is 11.9. The molecule has 2 amide bonds. The maximum atomic E-state index is 11.9. The van der Waals surface area contributed by atoms with Gasteiger partial charge in [0.1, 0.15) is 0 Å². The van der Waals surface area contributed by atoms with E-state index in [4.69, 9.17) is 9.94 Å². The SMILES string of the molecule is CCOC(=O)N1CCC(Nc2ncc(C(=O)NO)cn2)(C(C)C)CC1. The third kappa shape index (κ3) is 4.36. The number of nitrogens with zero attached hydrogens (tertiary/aromatic N) is 3. The number of hydroxylamine groups is 1. The lowest BCUT2D eigenvalue weighted by Gasteiger charge is -2.44. The van der Waals surface area contributed by atoms with E-state index < -0.39 is 5.91 Å². The monoisotopic (exact) mass is 351 g/mol. The highest BCUT2D eigenvalue weighted by atomic mass is 16.6. The van der Waals surface area contributed by atoms with Crippen LogP contribution in [0.3, 0.4) is 0 Å². The Bertz CT molecular complexity index is 597. The van der Waals surface area contributed by atoms with Crippen molar-refractivity contribution in [2.45, 2.75) is 39.2 Å². The van der Waals surface area contributed by atoms with Gasteiger partial charge >= 0.3 is 6.09 Å². The average molecular weight is 351 g/mol. The summed E-state index contributed by atoms with van der Waals surface area (Å²) < 4.78 is 5.06. The largest absolute Gasteiger partial charge is 0.450 e. The lowest BCUT2D eigenvalue weighted by atomic mass is 9.78. The van der Waals surface area contributed by atoms with Crippen molar-refractivity contribution >= 4 is 17.9 Å². The molecular weight excluding hydrogens is 326 g/mol. The molecule has 1 fully saturated rings. The molecule has 1 aliphatic heterocycles. The molecule has 0 spiro atoms. The molecule has 0 aliphatic carbocycles. The Hall–Kier alpha value is -2.42. The number of hydrogen-bond acceptors (Lipinski definition) is 7. The maximum absolute atomic E-state index is 11.9. The Morgan fingerprint density at radius 3 is 2.40 bits per heavy atom. The van der Waals surface area contributed by atoms with Crippen LogP contribution >= 0.6 is 0 Å². The summed E-state index contributed by atoms with van der Waals surface area (Å²) >= 11 is 0. The van der Waals surface area contributed by atoms with Gasteiger partial charge in [-0.15, -0.1) is 0 Å². The highest BCUT2D eigenvalue weighted by Crippen LogP contribution is 2.33. The van der Waals surface area contributed by atoms with Crippen molar-refractivity contribution < 1.29 is 19.5 Å². The highest BCUT2D eigenvalue weighted by Gasteiger charge is 2.39. The normalized spacial score (nSPS) is 16.4. The predicted octanol–water partition coefficient (Wildman–Crippen LogP) is 1.65. The van der Waals surface area contributed by atoms with Crippen LogP contribution in [0.5, 0.6) is 0 Å². The van der Waals surface area contributed by atoms with Crippen LogP contribution in [-0.4, -0.2) is 57.3 Å². The van der Waals surface area contributed by atoms with Gasteiger partial charge in [0.25, 0.3) is 5.91 Å². The molecule has 2 heterocycles. The zero-order valence-corrected chi connectivity index (χ0v) is 14.8. The summed E-state index contributed by atoms with van der Waals surface area (Å²) in [5.74, 6) is 0.0431. The molecular formula is C16H25N5O4. The first-order valence-corrected chi connectivity index (χ1v) is 8.38. The van der Waals surface area contributed by atoms with Crippen molar-refractivity contribution in [3.63, 3.8) is 0 Å². The number of nitrogens with one attached hydrogen (secondary N) is 2. The maximum Gasteiger partial charge on any atom is 0.409 e. The smallest absolute Gasteiger partial charge is 0.409 e. The Morgan fingerprint density at radius 1 is 1.32 bits per heavy atom. The average Bonchev–Trinajstić information content (AvgIpc) is 2.62. The summed E-state index contributed by atoms with van der Waals surface area (Å²) in [7, 11) is 0. The summed E-state index contributed by atoms with van der Waals surface area (Å²) in [5.41, 5.74) is 1.47. The third-order valence-electron chi connectivity index (χ3n) is 4.66. The van der Waals surface area contributed by atoms with Gasteiger partial charge in [-0.1, -0.05) is 13.8 Å². The first kappa shape index (κ1) is 18.9. The number of anilines is 1. The second-order valence-corrected chi connectivity index (χ2v) is 6.36. The van der Waals surface area contributed by atoms with Crippen LogP contribution in [0.4, 0.5) is 10.7 Å². The van der Waals surface area contributed by atoms with E-state index in [9.17, 15) is 9.59 Å². The molecule has 9 heteroatoms. The van der Waals surface area contributed by atoms with Crippen LogP contribution in [0, 0.1) is 5.92 Å². The van der Waals surface area contributed by atoms with Crippen LogP contribution in [0.1, 0.15) is 44.0 Å². The molecule has 0 unspecified atom stereocenters. The zero-order valence-electron chi connectivity index (χ0n) is 14.8. The number of likely N-dealkylation sites (tertiary alicyclic amines) is 1. The molecule has 0 radical (unpaired) electrons. The minimum Gasteiger partial charge on any atom is -0.450 e. The molecule has 25 heavy (non-hydrogen) atoms. The quantitative estimate of drug-likeness (QED) is 0.545. The van der Waals surface area contributed by atoms with E-state index in [1.807, 2.05) is 0 Å². The molecule has 9 nitrogen and oxygen atoms in total. The number of piperidine rings is 1. The summed E-state index contributed by atoms with van der Waals surface area (Å²) in [5, 5.41) is 12.0. The fourth-order valence-corrected chi connectivity index (χ4v) is 2.95. The van der Waals surface area contributed by atoms with Crippen LogP contribution in [0.15, 0.2) is 12.4 Å². The van der Waals surface area contributed by atoms with Crippen LogP contribution in [-0.2, 0) is 4.74 Å². The molecule has 1 aromatic heterocycles. The van der Waals surface area contributed by atoms with Gasteiger partial charge in [0.15, 0.2) is 0 Å². The molecule has 1 aromatic rings. The number of carbonyl (C=O) groups excluding carboxylic acids is 2. The van der Waals surface area contributed by atoms with E-state index >= 15 is 0 Å². The van der Waals surface area contributed by atoms with Crippen molar-refractivity contribution in [3.8, 4) is 0 Å². The van der Waals surface area contributed by atoms with E-state index in [0.717, 1.165) is 12.8 Å². The number of carbonyl (C=O) groups is 2. The summed E-state index contributed by atoms with van der Waals surface area (Å²) in [4.78, 5) is 33.2. The lowest BCUT2D eigenvalue weighted by molar-refractivity contribution is 0.0705. The molecule has 3 N–H and O–H groups in total. The molecule has 0 atom stereocenters. The standard InChI is InChI=1S/C16H25N5O4/c1-4-25-15(23)21-7-5-16(6-8-21,11(2)3)19-14-17-9-12(10-18-14)13(22)20-24/h9-11,24H,4-8H2,1-3H3,(H,20,22)(H,17,18,19). The fraction of sp³-hybridized carbons (Fsp3) is 0.625. The summed E-state index contributed by atoms with van der Waals surface area (Å²) in [6, 6.07) is 0. The van der Waals surface area contributed by atoms with E-state index in [0.29, 0.717) is 31.6 Å². The summed E-state index contributed by atoms with van der Waals surface area (Å²) in [6.45, 7) is 7.57. The Labute approximate surface area is 146 Å². The fourth-order valence-electron chi connectivity index (χ4n) is 2.95. The number of aromatic nitrogens is 2. The van der Waals surface area contributed by atoms with Gasteiger partial charge in [0, 0.05) is 31.0 Å². The van der Waals surface area contributed by atoms with Gasteiger partial charge in [-0.25, -0.2) is 20.2 Å². The molecule has 0 aromatic carbocycles. The molecule has 138 valence electrons. The van der Waals surface area contributed by atoms with Gasteiger partial charge < -0.3 is 15.0 Å². The number of amides is 2. The van der Waals surface area contributed by atoms with Crippen LogP contribution < -0.4 is 10.8 Å².